The van der Waals surface area contributed by atoms with Gasteiger partial charge in [-0.2, -0.15) is 0 Å². The third-order valence-corrected chi connectivity index (χ3v) is 3.70. The number of hydrogen-bond acceptors (Lipinski definition) is 3. The van der Waals surface area contributed by atoms with Crippen molar-refractivity contribution in [1.29, 1.82) is 0 Å². The fourth-order valence-corrected chi connectivity index (χ4v) is 2.72. The van der Waals surface area contributed by atoms with E-state index >= 15 is 0 Å². The van der Waals surface area contributed by atoms with Gasteiger partial charge in [-0.15, -0.1) is 0 Å². The first kappa shape index (κ1) is 10.9. The smallest absolute Gasteiger partial charge is 0.239 e. The zero-order chi connectivity index (χ0) is 10.8. The highest BCUT2D eigenvalue weighted by Crippen LogP contribution is 2.28. The lowest BCUT2D eigenvalue weighted by Crippen LogP contribution is -2.48. The topological polar surface area (TPSA) is 66.6 Å². The molecule has 0 spiro atoms. The number of amides is 1. The number of carbonyl (C=O) groups excluding carboxylic acids is 1. The molecule has 1 saturated heterocycles. The maximum atomic E-state index is 12.0. The highest BCUT2D eigenvalue weighted by Gasteiger charge is 2.36. The number of aliphatic hydroxyl groups is 1. The number of aliphatic hydroxyl groups excluding tert-OH is 1. The van der Waals surface area contributed by atoms with E-state index in [2.05, 4.69) is 0 Å². The van der Waals surface area contributed by atoms with E-state index in [1.54, 1.807) is 0 Å². The van der Waals surface area contributed by atoms with Crippen molar-refractivity contribution in [3.8, 4) is 0 Å². The molecular weight excluding hydrogens is 192 g/mol. The fraction of sp³-hybridized carbons (Fsp3) is 0.909. The molecule has 0 aromatic carbocycles. The Hall–Kier alpha value is -0.610. The van der Waals surface area contributed by atoms with Gasteiger partial charge in [0.2, 0.25) is 5.91 Å². The highest BCUT2D eigenvalue weighted by molar-refractivity contribution is 5.82. The van der Waals surface area contributed by atoms with Crippen LogP contribution in [0.3, 0.4) is 0 Å². The van der Waals surface area contributed by atoms with Crippen LogP contribution < -0.4 is 5.73 Å². The zero-order valence-electron chi connectivity index (χ0n) is 9.06. The van der Waals surface area contributed by atoms with Crippen molar-refractivity contribution in [3.63, 3.8) is 0 Å². The van der Waals surface area contributed by atoms with Crippen molar-refractivity contribution in [2.24, 2.45) is 11.7 Å². The third-order valence-electron chi connectivity index (χ3n) is 3.70. The summed E-state index contributed by atoms with van der Waals surface area (Å²) in [6.45, 7) is 1.69. The predicted octanol–water partition coefficient (Wildman–Crippen LogP) is 0.0971. The van der Waals surface area contributed by atoms with Gasteiger partial charge in [0.1, 0.15) is 0 Å². The minimum atomic E-state index is -0.486. The molecule has 1 amide bonds. The number of rotatable bonds is 2. The van der Waals surface area contributed by atoms with Gasteiger partial charge in [0.05, 0.1) is 12.1 Å². The van der Waals surface area contributed by atoms with Gasteiger partial charge in [0.25, 0.3) is 0 Å². The van der Waals surface area contributed by atoms with E-state index in [1.807, 2.05) is 4.90 Å². The first-order valence-corrected chi connectivity index (χ1v) is 5.92. The molecule has 0 unspecified atom stereocenters. The van der Waals surface area contributed by atoms with Crippen LogP contribution in [0.1, 0.15) is 32.1 Å². The second-order valence-electron chi connectivity index (χ2n) is 4.72. The van der Waals surface area contributed by atoms with Crippen LogP contribution in [0.15, 0.2) is 0 Å². The first-order valence-electron chi connectivity index (χ1n) is 5.92. The largest absolute Gasteiger partial charge is 0.393 e. The van der Waals surface area contributed by atoms with Crippen molar-refractivity contribution in [1.82, 2.24) is 4.90 Å². The van der Waals surface area contributed by atoms with Gasteiger partial charge >= 0.3 is 0 Å². The maximum absolute atomic E-state index is 12.0. The van der Waals surface area contributed by atoms with Gasteiger partial charge in [0.15, 0.2) is 0 Å². The summed E-state index contributed by atoms with van der Waals surface area (Å²) in [5, 5.41) is 9.70. The van der Waals surface area contributed by atoms with Gasteiger partial charge in [-0.3, -0.25) is 4.79 Å². The van der Waals surface area contributed by atoms with Crippen molar-refractivity contribution in [3.05, 3.63) is 0 Å². The Balaban J connectivity index is 1.94. The van der Waals surface area contributed by atoms with E-state index in [9.17, 15) is 9.90 Å². The Morgan fingerprint density at radius 3 is 2.47 bits per heavy atom. The number of hydrogen-bond donors (Lipinski definition) is 2. The normalized spacial score (nSPS) is 33.3. The average molecular weight is 212 g/mol. The average Bonchev–Trinajstić information content (AvgIpc) is 2.85. The molecule has 1 aliphatic heterocycles. The monoisotopic (exact) mass is 212 g/mol. The lowest BCUT2D eigenvalue weighted by atomic mass is 9.96. The molecule has 2 aliphatic rings. The van der Waals surface area contributed by atoms with Crippen LogP contribution in [-0.2, 0) is 4.79 Å². The molecule has 1 heterocycles. The number of nitrogens with two attached hydrogens (primary N) is 1. The van der Waals surface area contributed by atoms with Crippen LogP contribution in [-0.4, -0.2) is 41.1 Å². The molecule has 1 saturated carbocycles. The minimum absolute atomic E-state index is 0.0156. The number of carbonyl (C=O) groups is 1. The Kier molecular flexibility index (Phi) is 3.26. The van der Waals surface area contributed by atoms with E-state index in [0.29, 0.717) is 0 Å². The molecule has 0 aromatic heterocycles. The molecule has 3 atom stereocenters. The quantitative estimate of drug-likeness (QED) is 0.682. The molecule has 2 fully saturated rings. The van der Waals surface area contributed by atoms with Crippen molar-refractivity contribution in [2.75, 3.05) is 13.1 Å². The standard InChI is InChI=1S/C11H20N2O2/c12-10(8-4-3-5-9(8)14)11(15)13-6-1-2-7-13/h8-10,14H,1-7,12H2/t8-,9-,10-/m1/s1. The van der Waals surface area contributed by atoms with Crippen LogP contribution in [0.25, 0.3) is 0 Å². The highest BCUT2D eigenvalue weighted by atomic mass is 16.3. The molecule has 86 valence electrons. The molecule has 15 heavy (non-hydrogen) atoms. The molecule has 1 aliphatic carbocycles. The van der Waals surface area contributed by atoms with Crippen LogP contribution in [0.5, 0.6) is 0 Å². The van der Waals surface area contributed by atoms with Gasteiger partial charge in [-0.1, -0.05) is 6.42 Å². The summed E-state index contributed by atoms with van der Waals surface area (Å²) in [5.41, 5.74) is 5.94. The van der Waals surface area contributed by atoms with E-state index in [1.165, 1.54) is 0 Å². The van der Waals surface area contributed by atoms with Crippen LogP contribution in [0.4, 0.5) is 0 Å². The van der Waals surface area contributed by atoms with Gasteiger partial charge < -0.3 is 15.7 Å². The Bertz CT molecular complexity index is 239. The Morgan fingerprint density at radius 2 is 1.93 bits per heavy atom. The lowest BCUT2D eigenvalue weighted by Gasteiger charge is -2.26. The molecule has 4 heteroatoms. The van der Waals surface area contributed by atoms with Crippen molar-refractivity contribution < 1.29 is 9.90 Å². The molecular formula is C11H20N2O2. The molecule has 0 bridgehead atoms. The van der Waals surface area contributed by atoms with E-state index < -0.39 is 6.04 Å². The van der Waals surface area contributed by atoms with Crippen LogP contribution >= 0.6 is 0 Å². The SMILES string of the molecule is N[C@@H](C(=O)N1CCCC1)[C@@H]1CCC[C@H]1O. The second-order valence-corrected chi connectivity index (χ2v) is 4.72. The molecule has 4 nitrogen and oxygen atoms in total. The second kappa shape index (κ2) is 4.49. The van der Waals surface area contributed by atoms with Crippen LogP contribution in [0, 0.1) is 5.92 Å². The third kappa shape index (κ3) is 2.16. The molecule has 0 aromatic rings. The summed E-state index contributed by atoms with van der Waals surface area (Å²) in [7, 11) is 0. The summed E-state index contributed by atoms with van der Waals surface area (Å²) >= 11 is 0. The van der Waals surface area contributed by atoms with E-state index in [-0.39, 0.29) is 17.9 Å². The van der Waals surface area contributed by atoms with Gasteiger partial charge in [0, 0.05) is 19.0 Å². The lowest BCUT2D eigenvalue weighted by molar-refractivity contribution is -0.133. The summed E-state index contributed by atoms with van der Waals surface area (Å²) in [6.07, 6.45) is 4.49. The fourth-order valence-electron chi connectivity index (χ4n) is 2.72. The van der Waals surface area contributed by atoms with Gasteiger partial charge in [-0.05, 0) is 25.7 Å². The molecule has 2 rings (SSSR count). The summed E-state index contributed by atoms with van der Waals surface area (Å²) < 4.78 is 0. The number of nitrogens with zero attached hydrogens (tertiary/aromatic N) is 1. The molecule has 3 N–H and O–H groups in total. The van der Waals surface area contributed by atoms with Gasteiger partial charge in [-0.25, -0.2) is 0 Å². The summed E-state index contributed by atoms with van der Waals surface area (Å²) in [6, 6.07) is -0.486. The minimum Gasteiger partial charge on any atom is -0.393 e. The summed E-state index contributed by atoms with van der Waals surface area (Å²) in [4.78, 5) is 13.8. The number of likely N-dealkylation sites (tertiary alicyclic amines) is 1. The van der Waals surface area contributed by atoms with E-state index in [0.717, 1.165) is 45.2 Å². The Morgan fingerprint density at radius 1 is 1.27 bits per heavy atom. The van der Waals surface area contributed by atoms with Crippen LogP contribution in [0.2, 0.25) is 0 Å². The Labute approximate surface area is 90.4 Å². The van der Waals surface area contributed by atoms with Crippen molar-refractivity contribution in [2.45, 2.75) is 44.2 Å². The summed E-state index contributed by atoms with van der Waals surface area (Å²) in [5.74, 6) is 0.0246. The molecule has 0 radical (unpaired) electrons. The predicted molar refractivity (Wildman–Crippen MR) is 57.1 cm³/mol. The zero-order valence-corrected chi connectivity index (χ0v) is 9.06. The maximum Gasteiger partial charge on any atom is 0.239 e. The van der Waals surface area contributed by atoms with E-state index in [4.69, 9.17) is 5.73 Å². The van der Waals surface area contributed by atoms with Crippen molar-refractivity contribution >= 4 is 5.91 Å². The first-order chi connectivity index (χ1) is 7.20.